The molecule has 2 aromatic carbocycles. The Hall–Kier alpha value is -3.61. The van der Waals surface area contributed by atoms with Crippen LogP contribution in [0.1, 0.15) is 37.9 Å². The average Bonchev–Trinajstić information content (AvgIpc) is 3.22. The number of aromatic nitrogens is 3. The third-order valence-electron chi connectivity index (χ3n) is 5.18. The van der Waals surface area contributed by atoms with Gasteiger partial charge in [-0.3, -0.25) is 4.79 Å². The van der Waals surface area contributed by atoms with Gasteiger partial charge in [0, 0.05) is 5.70 Å². The summed E-state index contributed by atoms with van der Waals surface area (Å²) in [6.45, 7) is 6.44. The molecule has 0 saturated heterocycles. The Bertz CT molecular complexity index is 1080. The molecule has 7 nitrogen and oxygen atoms in total. The van der Waals surface area contributed by atoms with Crippen molar-refractivity contribution >= 4 is 17.5 Å². The molecule has 0 radical (unpaired) electrons. The summed E-state index contributed by atoms with van der Waals surface area (Å²) in [6, 6.07) is 15.3. The number of carbonyl (C=O) groups is 1. The van der Waals surface area contributed by atoms with Gasteiger partial charge in [-0.25, -0.2) is 4.68 Å². The van der Waals surface area contributed by atoms with E-state index in [9.17, 15) is 4.79 Å². The highest BCUT2D eigenvalue weighted by Crippen LogP contribution is 2.36. The van der Waals surface area contributed by atoms with E-state index in [1.54, 1.807) is 4.68 Å². The van der Waals surface area contributed by atoms with Crippen LogP contribution in [0.2, 0.25) is 0 Å². The molecular formula is C23H25N5O2. The molecule has 2 N–H and O–H groups in total. The molecule has 7 heteroatoms. The molecule has 0 aliphatic carbocycles. The molecule has 1 atom stereocenters. The number of ether oxygens (including phenoxy) is 1. The number of para-hydroxylation sites is 2. The maximum atomic E-state index is 13.4. The second kappa shape index (κ2) is 8.41. The van der Waals surface area contributed by atoms with Gasteiger partial charge in [0.05, 0.1) is 17.9 Å². The first-order valence-electron chi connectivity index (χ1n) is 10.1. The minimum atomic E-state index is -0.381. The summed E-state index contributed by atoms with van der Waals surface area (Å²) in [4.78, 5) is 17.7. The summed E-state index contributed by atoms with van der Waals surface area (Å²) in [7, 11) is 0. The number of rotatable bonds is 6. The van der Waals surface area contributed by atoms with Crippen LogP contribution in [0.5, 0.6) is 5.75 Å². The number of nitrogens with one attached hydrogen (secondary N) is 2. The Morgan fingerprint density at radius 2 is 1.93 bits per heavy atom. The monoisotopic (exact) mass is 403 g/mol. The number of fused-ring (bicyclic) bond motifs is 1. The lowest BCUT2D eigenvalue weighted by Gasteiger charge is -2.29. The molecule has 1 aliphatic rings. The molecule has 1 aliphatic heterocycles. The normalized spacial score (nSPS) is 15.4. The zero-order valence-corrected chi connectivity index (χ0v) is 17.3. The predicted molar refractivity (Wildman–Crippen MR) is 117 cm³/mol. The molecule has 2 heterocycles. The van der Waals surface area contributed by atoms with Crippen LogP contribution in [0.3, 0.4) is 0 Å². The maximum Gasteiger partial charge on any atom is 0.255 e. The summed E-state index contributed by atoms with van der Waals surface area (Å²) in [5.41, 5.74) is 4.18. The van der Waals surface area contributed by atoms with Crippen LogP contribution in [0.15, 0.2) is 66.1 Å². The van der Waals surface area contributed by atoms with Crippen molar-refractivity contribution in [3.05, 3.63) is 77.3 Å². The van der Waals surface area contributed by atoms with Crippen LogP contribution in [-0.2, 0) is 11.2 Å². The second-order valence-corrected chi connectivity index (χ2v) is 7.07. The van der Waals surface area contributed by atoms with Gasteiger partial charge in [0.1, 0.15) is 18.1 Å². The molecule has 0 fully saturated rings. The molecule has 154 valence electrons. The summed E-state index contributed by atoms with van der Waals surface area (Å²) < 4.78 is 7.41. The van der Waals surface area contributed by atoms with Crippen molar-refractivity contribution in [2.45, 2.75) is 33.2 Å². The summed E-state index contributed by atoms with van der Waals surface area (Å²) >= 11 is 0. The molecule has 3 aromatic rings. The number of benzene rings is 2. The van der Waals surface area contributed by atoms with Crippen LogP contribution in [0.25, 0.3) is 0 Å². The zero-order chi connectivity index (χ0) is 21.1. The summed E-state index contributed by atoms with van der Waals surface area (Å²) in [5.74, 6) is 1.04. The van der Waals surface area contributed by atoms with Crippen molar-refractivity contribution in [1.29, 1.82) is 0 Å². The first kappa shape index (κ1) is 19.7. The molecule has 30 heavy (non-hydrogen) atoms. The molecule has 4 rings (SSSR count). The van der Waals surface area contributed by atoms with Gasteiger partial charge in [-0.2, -0.15) is 10.1 Å². The lowest BCUT2D eigenvalue weighted by atomic mass is 9.94. The van der Waals surface area contributed by atoms with Crippen molar-refractivity contribution in [2.24, 2.45) is 0 Å². The van der Waals surface area contributed by atoms with Gasteiger partial charge in [0.2, 0.25) is 5.95 Å². The SMILES string of the molecule is CCOc1ccccc1NC(=O)C1=C(C)Nc2ncnn2C1c1ccc(CC)cc1. The molecular weight excluding hydrogens is 378 g/mol. The minimum Gasteiger partial charge on any atom is -0.492 e. The van der Waals surface area contributed by atoms with Crippen molar-refractivity contribution in [3.63, 3.8) is 0 Å². The third-order valence-corrected chi connectivity index (χ3v) is 5.18. The number of amides is 1. The fourth-order valence-electron chi connectivity index (χ4n) is 3.67. The van der Waals surface area contributed by atoms with Gasteiger partial charge >= 0.3 is 0 Å². The van der Waals surface area contributed by atoms with E-state index in [-0.39, 0.29) is 11.9 Å². The molecule has 0 bridgehead atoms. The van der Waals surface area contributed by atoms with Gasteiger partial charge in [0.25, 0.3) is 5.91 Å². The van der Waals surface area contributed by atoms with Crippen molar-refractivity contribution < 1.29 is 9.53 Å². The summed E-state index contributed by atoms with van der Waals surface area (Å²) in [6.07, 6.45) is 2.45. The number of nitrogens with zero attached hydrogens (tertiary/aromatic N) is 3. The van der Waals surface area contributed by atoms with E-state index in [1.165, 1.54) is 11.9 Å². The number of allylic oxidation sites excluding steroid dienone is 1. The van der Waals surface area contributed by atoms with E-state index in [0.29, 0.717) is 29.6 Å². The highest BCUT2D eigenvalue weighted by molar-refractivity contribution is 6.06. The van der Waals surface area contributed by atoms with E-state index < -0.39 is 0 Å². The smallest absolute Gasteiger partial charge is 0.255 e. The van der Waals surface area contributed by atoms with Crippen molar-refractivity contribution in [2.75, 3.05) is 17.2 Å². The average molecular weight is 403 g/mol. The second-order valence-electron chi connectivity index (χ2n) is 7.07. The maximum absolute atomic E-state index is 13.4. The van der Waals surface area contributed by atoms with Crippen LogP contribution < -0.4 is 15.4 Å². The Morgan fingerprint density at radius 1 is 1.17 bits per heavy atom. The van der Waals surface area contributed by atoms with Gasteiger partial charge in [-0.05, 0) is 43.5 Å². The first-order chi connectivity index (χ1) is 14.6. The van der Waals surface area contributed by atoms with Gasteiger partial charge in [-0.1, -0.05) is 43.3 Å². The quantitative estimate of drug-likeness (QED) is 0.646. The van der Waals surface area contributed by atoms with E-state index in [0.717, 1.165) is 17.7 Å². The van der Waals surface area contributed by atoms with E-state index in [1.807, 2.05) is 38.1 Å². The number of hydrogen-bond donors (Lipinski definition) is 2. The lowest BCUT2D eigenvalue weighted by molar-refractivity contribution is -0.113. The van der Waals surface area contributed by atoms with Crippen molar-refractivity contribution in [3.8, 4) is 5.75 Å². The van der Waals surface area contributed by atoms with Crippen LogP contribution in [0.4, 0.5) is 11.6 Å². The molecule has 0 saturated carbocycles. The molecule has 1 amide bonds. The zero-order valence-electron chi connectivity index (χ0n) is 17.3. The topological polar surface area (TPSA) is 81.1 Å². The number of hydrogen-bond acceptors (Lipinski definition) is 5. The minimum absolute atomic E-state index is 0.210. The van der Waals surface area contributed by atoms with E-state index >= 15 is 0 Å². The molecule has 1 aromatic heterocycles. The highest BCUT2D eigenvalue weighted by Gasteiger charge is 2.33. The lowest BCUT2D eigenvalue weighted by Crippen LogP contribution is -2.31. The highest BCUT2D eigenvalue weighted by atomic mass is 16.5. The number of carbonyl (C=O) groups excluding carboxylic acids is 1. The third kappa shape index (κ3) is 3.66. The van der Waals surface area contributed by atoms with E-state index in [4.69, 9.17) is 4.74 Å². The largest absolute Gasteiger partial charge is 0.492 e. The van der Waals surface area contributed by atoms with Crippen LogP contribution in [-0.4, -0.2) is 27.3 Å². The number of aryl methyl sites for hydroxylation is 1. The van der Waals surface area contributed by atoms with Crippen LogP contribution in [0, 0.1) is 0 Å². The van der Waals surface area contributed by atoms with Gasteiger partial charge < -0.3 is 15.4 Å². The summed E-state index contributed by atoms with van der Waals surface area (Å²) in [5, 5.41) is 10.6. The molecule has 1 unspecified atom stereocenters. The Morgan fingerprint density at radius 3 is 2.67 bits per heavy atom. The Balaban J connectivity index is 1.73. The van der Waals surface area contributed by atoms with E-state index in [2.05, 4.69) is 51.9 Å². The number of anilines is 2. The van der Waals surface area contributed by atoms with Gasteiger partial charge in [-0.15, -0.1) is 0 Å². The van der Waals surface area contributed by atoms with Crippen molar-refractivity contribution in [1.82, 2.24) is 14.8 Å². The fraction of sp³-hybridized carbons (Fsp3) is 0.261. The predicted octanol–water partition coefficient (Wildman–Crippen LogP) is 4.17. The first-order valence-corrected chi connectivity index (χ1v) is 10.1. The molecule has 0 spiro atoms. The fourth-order valence-corrected chi connectivity index (χ4v) is 3.67. The Kier molecular flexibility index (Phi) is 5.52. The van der Waals surface area contributed by atoms with Crippen LogP contribution >= 0.6 is 0 Å². The van der Waals surface area contributed by atoms with Gasteiger partial charge in [0.15, 0.2) is 0 Å². The standard InChI is InChI=1S/C23H25N5O2/c1-4-16-10-12-17(13-11-16)21-20(15(3)26-23-24-14-25-28(21)23)22(29)27-18-8-6-7-9-19(18)30-5-2/h6-14,21H,4-5H2,1-3H3,(H,27,29)(H,24,25,26). The Labute approximate surface area is 175 Å².